The first-order valence-corrected chi connectivity index (χ1v) is 8.14. The first-order chi connectivity index (χ1) is 9.75. The minimum atomic E-state index is 1.30. The SMILES string of the molecule is CN1/C(=C2\Sc3ccccc3N2C)Sc2ccccc21. The van der Waals surface area contributed by atoms with Gasteiger partial charge in [0.05, 0.1) is 11.4 Å². The van der Waals surface area contributed by atoms with E-state index >= 15 is 0 Å². The smallest absolute Gasteiger partial charge is 0.111 e. The molecule has 0 fully saturated rings. The Morgan fingerprint density at radius 3 is 1.45 bits per heavy atom. The molecule has 0 spiro atoms. The average molecular weight is 298 g/mol. The molecule has 2 aliphatic rings. The molecule has 0 N–H and O–H groups in total. The summed E-state index contributed by atoms with van der Waals surface area (Å²) in [6.45, 7) is 0. The first-order valence-electron chi connectivity index (χ1n) is 6.51. The minimum absolute atomic E-state index is 1.30. The number of para-hydroxylation sites is 2. The first kappa shape index (κ1) is 12.2. The average Bonchev–Trinajstić information content (AvgIpc) is 2.98. The number of nitrogens with zero attached hydrogens (tertiary/aromatic N) is 2. The normalized spacial score (nSPS) is 20.3. The molecular formula is C16H14N2S2. The van der Waals surface area contributed by atoms with E-state index in [9.17, 15) is 0 Å². The summed E-state index contributed by atoms with van der Waals surface area (Å²) in [5, 5.41) is 2.63. The third kappa shape index (κ3) is 1.68. The third-order valence-corrected chi connectivity index (χ3v) is 6.24. The van der Waals surface area contributed by atoms with Gasteiger partial charge in [0.1, 0.15) is 10.1 Å². The van der Waals surface area contributed by atoms with Gasteiger partial charge in [0.2, 0.25) is 0 Å². The molecule has 100 valence electrons. The predicted octanol–water partition coefficient (Wildman–Crippen LogP) is 4.60. The maximum absolute atomic E-state index is 2.30. The zero-order valence-electron chi connectivity index (χ0n) is 11.3. The van der Waals surface area contributed by atoms with Crippen LogP contribution < -0.4 is 9.80 Å². The van der Waals surface area contributed by atoms with E-state index in [1.54, 1.807) is 0 Å². The number of rotatable bonds is 0. The van der Waals surface area contributed by atoms with Crippen LogP contribution >= 0.6 is 23.5 Å². The van der Waals surface area contributed by atoms with Gasteiger partial charge in [-0.25, -0.2) is 0 Å². The highest BCUT2D eigenvalue weighted by molar-refractivity contribution is 8.07. The molecule has 2 nitrogen and oxygen atoms in total. The second-order valence-electron chi connectivity index (χ2n) is 4.87. The van der Waals surface area contributed by atoms with Crippen LogP contribution in [0.2, 0.25) is 0 Å². The molecule has 0 bridgehead atoms. The standard InChI is InChI=1S/C16H14N2S2/c1-17-11-7-3-5-9-13(11)19-15(17)16-18(2)12-8-4-6-10-14(12)20-16/h3-10H,1-2H3/b16-15+. The molecule has 0 aliphatic carbocycles. The van der Waals surface area contributed by atoms with Crippen LogP contribution in [-0.2, 0) is 0 Å². The van der Waals surface area contributed by atoms with E-state index in [0.717, 1.165) is 0 Å². The van der Waals surface area contributed by atoms with Gasteiger partial charge in [0.25, 0.3) is 0 Å². The Bertz CT molecular complexity index is 662. The lowest BCUT2D eigenvalue weighted by atomic mass is 10.3. The second kappa shape index (κ2) is 4.50. The fourth-order valence-electron chi connectivity index (χ4n) is 2.58. The molecular weight excluding hydrogens is 284 g/mol. The summed E-state index contributed by atoms with van der Waals surface area (Å²) >= 11 is 3.72. The Morgan fingerprint density at radius 1 is 0.650 bits per heavy atom. The Balaban J connectivity index is 1.80. The zero-order chi connectivity index (χ0) is 13.7. The van der Waals surface area contributed by atoms with Gasteiger partial charge in [-0.3, -0.25) is 0 Å². The zero-order valence-corrected chi connectivity index (χ0v) is 13.0. The summed E-state index contributed by atoms with van der Waals surface area (Å²) in [6.07, 6.45) is 0. The molecule has 4 rings (SSSR count). The van der Waals surface area contributed by atoms with Gasteiger partial charge >= 0.3 is 0 Å². The number of thioether (sulfide) groups is 2. The van der Waals surface area contributed by atoms with Gasteiger partial charge in [-0.1, -0.05) is 47.8 Å². The second-order valence-corrected chi connectivity index (χ2v) is 6.93. The van der Waals surface area contributed by atoms with Crippen molar-refractivity contribution in [2.75, 3.05) is 23.9 Å². The van der Waals surface area contributed by atoms with Crippen LogP contribution in [0.1, 0.15) is 0 Å². The van der Waals surface area contributed by atoms with Crippen LogP contribution in [-0.4, -0.2) is 14.1 Å². The maximum Gasteiger partial charge on any atom is 0.111 e. The van der Waals surface area contributed by atoms with Crippen LogP contribution in [0.25, 0.3) is 0 Å². The van der Waals surface area contributed by atoms with Gasteiger partial charge in [-0.2, -0.15) is 0 Å². The summed E-state index contributed by atoms with van der Waals surface area (Å²) in [5.41, 5.74) is 2.59. The van der Waals surface area contributed by atoms with E-state index in [-0.39, 0.29) is 0 Å². The molecule has 2 heterocycles. The van der Waals surface area contributed by atoms with E-state index in [4.69, 9.17) is 0 Å². The lowest BCUT2D eigenvalue weighted by molar-refractivity contribution is 1.11. The van der Waals surface area contributed by atoms with Gasteiger partial charge in [-0.15, -0.1) is 0 Å². The van der Waals surface area contributed by atoms with Crippen LogP contribution in [0.15, 0.2) is 68.4 Å². The van der Waals surface area contributed by atoms with Gasteiger partial charge < -0.3 is 9.80 Å². The van der Waals surface area contributed by atoms with E-state index in [0.29, 0.717) is 0 Å². The Morgan fingerprint density at radius 2 is 1.05 bits per heavy atom. The summed E-state index contributed by atoms with van der Waals surface area (Å²) in [4.78, 5) is 7.26. The monoisotopic (exact) mass is 298 g/mol. The summed E-state index contributed by atoms with van der Waals surface area (Å²) in [7, 11) is 4.30. The van der Waals surface area contributed by atoms with Crippen molar-refractivity contribution >= 4 is 34.9 Å². The van der Waals surface area contributed by atoms with Crippen molar-refractivity contribution in [3.63, 3.8) is 0 Å². The van der Waals surface area contributed by atoms with Crippen LogP contribution in [0, 0.1) is 0 Å². The Hall–Kier alpha value is -1.52. The van der Waals surface area contributed by atoms with Crippen molar-refractivity contribution in [3.05, 3.63) is 58.6 Å². The molecule has 4 heteroatoms. The largest absolute Gasteiger partial charge is 0.336 e. The molecule has 0 radical (unpaired) electrons. The fourth-order valence-corrected chi connectivity index (χ4v) is 5.08. The van der Waals surface area contributed by atoms with Crippen molar-refractivity contribution in [2.45, 2.75) is 9.79 Å². The molecule has 20 heavy (non-hydrogen) atoms. The number of hydrogen-bond donors (Lipinski definition) is 0. The number of anilines is 2. The molecule has 2 aromatic carbocycles. The molecule has 0 saturated heterocycles. The molecule has 0 amide bonds. The quantitative estimate of drug-likeness (QED) is 0.701. The van der Waals surface area contributed by atoms with Gasteiger partial charge in [0.15, 0.2) is 0 Å². The molecule has 0 aromatic heterocycles. The molecule has 0 unspecified atom stereocenters. The minimum Gasteiger partial charge on any atom is -0.336 e. The van der Waals surface area contributed by atoms with Crippen LogP contribution in [0.3, 0.4) is 0 Å². The van der Waals surface area contributed by atoms with Crippen molar-refractivity contribution < 1.29 is 0 Å². The topological polar surface area (TPSA) is 6.48 Å². The number of fused-ring (bicyclic) bond motifs is 2. The van der Waals surface area contributed by atoms with E-state index in [2.05, 4.69) is 72.4 Å². The summed E-state index contributed by atoms with van der Waals surface area (Å²) < 4.78 is 0. The molecule has 2 aliphatic heterocycles. The fraction of sp³-hybridized carbons (Fsp3) is 0.125. The molecule has 0 saturated carbocycles. The highest BCUT2D eigenvalue weighted by atomic mass is 32.2. The molecule has 0 atom stereocenters. The van der Waals surface area contributed by atoms with Gasteiger partial charge in [-0.05, 0) is 24.3 Å². The van der Waals surface area contributed by atoms with Gasteiger partial charge in [0, 0.05) is 23.9 Å². The van der Waals surface area contributed by atoms with Crippen molar-refractivity contribution in [3.8, 4) is 0 Å². The van der Waals surface area contributed by atoms with Crippen molar-refractivity contribution in [2.24, 2.45) is 0 Å². The predicted molar refractivity (Wildman–Crippen MR) is 88.4 cm³/mol. The highest BCUT2D eigenvalue weighted by Gasteiger charge is 2.31. The maximum atomic E-state index is 2.30. The Kier molecular flexibility index (Phi) is 2.75. The Labute approximate surface area is 127 Å². The van der Waals surface area contributed by atoms with E-state index < -0.39 is 0 Å². The lowest BCUT2D eigenvalue weighted by Crippen LogP contribution is -2.18. The van der Waals surface area contributed by atoms with E-state index in [1.807, 2.05) is 23.5 Å². The molecule has 2 aromatic rings. The lowest BCUT2D eigenvalue weighted by Gasteiger charge is -2.20. The number of benzene rings is 2. The summed E-state index contributed by atoms with van der Waals surface area (Å²) in [6, 6.07) is 17.2. The van der Waals surface area contributed by atoms with Crippen molar-refractivity contribution in [1.29, 1.82) is 0 Å². The number of hydrogen-bond acceptors (Lipinski definition) is 4. The van der Waals surface area contributed by atoms with Crippen molar-refractivity contribution in [1.82, 2.24) is 0 Å². The van der Waals surface area contributed by atoms with E-state index in [1.165, 1.54) is 31.2 Å². The van der Waals surface area contributed by atoms with Crippen LogP contribution in [0.5, 0.6) is 0 Å². The highest BCUT2D eigenvalue weighted by Crippen LogP contribution is 2.53. The third-order valence-electron chi connectivity index (χ3n) is 3.66. The van der Waals surface area contributed by atoms with Crippen LogP contribution in [0.4, 0.5) is 11.4 Å². The summed E-state index contributed by atoms with van der Waals surface area (Å²) in [5.74, 6) is 0.